The Morgan fingerprint density at radius 1 is 1.19 bits per heavy atom. The summed E-state index contributed by atoms with van der Waals surface area (Å²) in [7, 11) is 0. The van der Waals surface area contributed by atoms with Crippen LogP contribution in [0.15, 0.2) is 42.5 Å². The molecule has 2 aliphatic heterocycles. The lowest BCUT2D eigenvalue weighted by Gasteiger charge is -2.49. The molecule has 31 heavy (non-hydrogen) atoms. The highest BCUT2D eigenvalue weighted by atomic mass is 16.6. The highest BCUT2D eigenvalue weighted by Gasteiger charge is 2.42. The van der Waals surface area contributed by atoms with Crippen LogP contribution in [0.2, 0.25) is 0 Å². The van der Waals surface area contributed by atoms with E-state index in [-0.39, 0.29) is 28.5 Å². The molecule has 0 radical (unpaired) electrons. The van der Waals surface area contributed by atoms with Gasteiger partial charge < -0.3 is 15.1 Å². The first-order valence-corrected chi connectivity index (χ1v) is 11.0. The summed E-state index contributed by atoms with van der Waals surface area (Å²) < 4.78 is 0. The number of carbonyl (C=O) groups excluding carboxylic acids is 1. The summed E-state index contributed by atoms with van der Waals surface area (Å²) in [5.41, 5.74) is 4.38. The standard InChI is InChI=1S/C24H30N4O3/c1-16(2)14-25-24(29)21-13-18-12-20(28(30)31)8-9-22(18)27-11-10-26(15-23(21)27)19-6-4-17(3)5-7-19/h4-9,12,16,21,23H,10-11,13-15H2,1-3H3,(H,25,29)/t21-,23-/m0/s1. The smallest absolute Gasteiger partial charge is 0.269 e. The van der Waals surface area contributed by atoms with Crippen LogP contribution < -0.4 is 15.1 Å². The van der Waals surface area contributed by atoms with Crippen LogP contribution in [0.1, 0.15) is 25.0 Å². The first kappa shape index (κ1) is 21.2. The van der Waals surface area contributed by atoms with E-state index in [1.54, 1.807) is 12.1 Å². The van der Waals surface area contributed by atoms with Crippen molar-refractivity contribution in [2.45, 2.75) is 33.2 Å². The normalized spacial score (nSPS) is 20.3. The van der Waals surface area contributed by atoms with Gasteiger partial charge in [0.2, 0.25) is 5.91 Å². The quantitative estimate of drug-likeness (QED) is 0.589. The van der Waals surface area contributed by atoms with Crippen LogP contribution in [0.25, 0.3) is 0 Å². The second kappa shape index (κ2) is 8.57. The van der Waals surface area contributed by atoms with Gasteiger partial charge in [-0.25, -0.2) is 0 Å². The van der Waals surface area contributed by atoms with Crippen LogP contribution in [-0.4, -0.2) is 43.1 Å². The number of non-ortho nitro benzene ring substituents is 1. The Labute approximate surface area is 183 Å². The number of hydrogen-bond donors (Lipinski definition) is 1. The maximum Gasteiger partial charge on any atom is 0.269 e. The molecule has 2 aromatic carbocycles. The number of anilines is 2. The molecule has 2 aliphatic rings. The maximum absolute atomic E-state index is 13.2. The average molecular weight is 423 g/mol. The molecule has 1 N–H and O–H groups in total. The van der Waals surface area contributed by atoms with Crippen LogP contribution in [-0.2, 0) is 11.2 Å². The van der Waals surface area contributed by atoms with Gasteiger partial charge in [0.15, 0.2) is 0 Å². The molecule has 2 aromatic rings. The molecule has 1 fully saturated rings. The van der Waals surface area contributed by atoms with E-state index in [1.807, 2.05) is 6.07 Å². The first-order chi connectivity index (χ1) is 14.8. The van der Waals surface area contributed by atoms with E-state index in [0.29, 0.717) is 18.9 Å². The summed E-state index contributed by atoms with van der Waals surface area (Å²) in [6.45, 7) is 9.23. The highest BCUT2D eigenvalue weighted by Crippen LogP contribution is 2.38. The predicted octanol–water partition coefficient (Wildman–Crippen LogP) is 3.54. The summed E-state index contributed by atoms with van der Waals surface area (Å²) in [6, 6.07) is 13.6. The summed E-state index contributed by atoms with van der Waals surface area (Å²) in [6.07, 6.45) is 0.518. The fourth-order valence-corrected chi connectivity index (χ4v) is 4.65. The molecule has 2 atom stereocenters. The number of aryl methyl sites for hydroxylation is 1. The molecular weight excluding hydrogens is 392 g/mol. The first-order valence-electron chi connectivity index (χ1n) is 11.0. The van der Waals surface area contributed by atoms with Crippen LogP contribution in [0.3, 0.4) is 0 Å². The number of carbonyl (C=O) groups is 1. The van der Waals surface area contributed by atoms with Gasteiger partial charge in [0.25, 0.3) is 5.69 Å². The van der Waals surface area contributed by atoms with Crippen LogP contribution in [0, 0.1) is 28.9 Å². The number of nitrogens with one attached hydrogen (secondary N) is 1. The number of hydrogen-bond acceptors (Lipinski definition) is 5. The van der Waals surface area contributed by atoms with E-state index in [9.17, 15) is 14.9 Å². The van der Waals surface area contributed by atoms with Crippen molar-refractivity contribution in [3.8, 4) is 0 Å². The minimum absolute atomic E-state index is 0.0242. The zero-order chi connectivity index (χ0) is 22.1. The highest BCUT2D eigenvalue weighted by molar-refractivity contribution is 5.82. The third kappa shape index (κ3) is 4.36. The average Bonchev–Trinajstić information content (AvgIpc) is 2.76. The van der Waals surface area contributed by atoms with Gasteiger partial charge in [-0.3, -0.25) is 14.9 Å². The van der Waals surface area contributed by atoms with Gasteiger partial charge in [0.05, 0.1) is 16.9 Å². The third-order valence-corrected chi connectivity index (χ3v) is 6.33. The minimum atomic E-state index is -0.366. The number of nitrogens with zero attached hydrogens (tertiary/aromatic N) is 3. The van der Waals surface area contributed by atoms with Gasteiger partial charge in [0.1, 0.15) is 0 Å². The minimum Gasteiger partial charge on any atom is -0.368 e. The molecule has 0 saturated carbocycles. The van der Waals surface area contributed by atoms with Crippen LogP contribution in [0.5, 0.6) is 0 Å². The predicted molar refractivity (Wildman–Crippen MR) is 123 cm³/mol. The number of benzene rings is 2. The number of nitro groups is 1. The number of rotatable bonds is 5. The van der Waals surface area contributed by atoms with Crippen molar-refractivity contribution in [3.63, 3.8) is 0 Å². The Kier molecular flexibility index (Phi) is 5.85. The summed E-state index contributed by atoms with van der Waals surface area (Å²) in [5.74, 6) is 0.153. The van der Waals surface area contributed by atoms with Crippen molar-refractivity contribution in [1.82, 2.24) is 5.32 Å². The van der Waals surface area contributed by atoms with Gasteiger partial charge >= 0.3 is 0 Å². The molecule has 2 heterocycles. The van der Waals surface area contributed by atoms with E-state index in [0.717, 1.165) is 30.9 Å². The molecule has 7 nitrogen and oxygen atoms in total. The number of amides is 1. The van der Waals surface area contributed by atoms with Crippen molar-refractivity contribution in [1.29, 1.82) is 0 Å². The van der Waals surface area contributed by atoms with Gasteiger partial charge in [-0.15, -0.1) is 0 Å². The van der Waals surface area contributed by atoms with Crippen molar-refractivity contribution >= 4 is 23.0 Å². The zero-order valence-electron chi connectivity index (χ0n) is 18.4. The van der Waals surface area contributed by atoms with Crippen molar-refractivity contribution in [3.05, 3.63) is 63.7 Å². The summed E-state index contributed by atoms with van der Waals surface area (Å²) in [4.78, 5) is 28.7. The Bertz CT molecular complexity index is 973. The SMILES string of the molecule is Cc1ccc(N2CCN3c4ccc([N+](=O)[O-])cc4C[C@H](C(=O)NCC(C)C)[C@@H]3C2)cc1. The number of piperazine rings is 1. The molecule has 0 unspecified atom stereocenters. The van der Waals surface area contributed by atoms with Crippen LogP contribution in [0.4, 0.5) is 17.1 Å². The largest absolute Gasteiger partial charge is 0.368 e. The fourth-order valence-electron chi connectivity index (χ4n) is 4.65. The van der Waals surface area contributed by atoms with E-state index >= 15 is 0 Å². The van der Waals surface area contributed by atoms with E-state index < -0.39 is 0 Å². The Morgan fingerprint density at radius 2 is 1.94 bits per heavy atom. The number of nitro benzene ring substituents is 1. The Balaban J connectivity index is 1.65. The molecule has 164 valence electrons. The van der Waals surface area contributed by atoms with Crippen molar-refractivity contribution < 1.29 is 9.72 Å². The van der Waals surface area contributed by atoms with Crippen LogP contribution >= 0.6 is 0 Å². The topological polar surface area (TPSA) is 78.7 Å². The van der Waals surface area contributed by atoms with Gasteiger partial charge in [-0.1, -0.05) is 31.5 Å². The fraction of sp³-hybridized carbons (Fsp3) is 0.458. The molecule has 4 rings (SSSR count). The Morgan fingerprint density at radius 3 is 2.61 bits per heavy atom. The molecule has 0 spiro atoms. The molecule has 7 heteroatoms. The van der Waals surface area contributed by atoms with E-state index in [1.165, 1.54) is 11.3 Å². The monoisotopic (exact) mass is 422 g/mol. The molecule has 0 aliphatic carbocycles. The summed E-state index contributed by atoms with van der Waals surface area (Å²) >= 11 is 0. The van der Waals surface area contributed by atoms with Gasteiger partial charge in [0, 0.05) is 49.7 Å². The van der Waals surface area contributed by atoms with Crippen molar-refractivity contribution in [2.75, 3.05) is 36.0 Å². The molecule has 1 amide bonds. The number of fused-ring (bicyclic) bond motifs is 3. The van der Waals surface area contributed by atoms with Crippen molar-refractivity contribution in [2.24, 2.45) is 11.8 Å². The molecule has 0 bridgehead atoms. The molecule has 1 saturated heterocycles. The molecular formula is C24H30N4O3. The van der Waals surface area contributed by atoms with E-state index in [4.69, 9.17) is 0 Å². The van der Waals surface area contributed by atoms with Gasteiger partial charge in [-0.05, 0) is 43.0 Å². The second-order valence-electron chi connectivity index (χ2n) is 9.06. The Hall–Kier alpha value is -3.09. The third-order valence-electron chi connectivity index (χ3n) is 6.33. The lowest BCUT2D eigenvalue weighted by molar-refractivity contribution is -0.384. The summed E-state index contributed by atoms with van der Waals surface area (Å²) in [5, 5.41) is 14.4. The maximum atomic E-state index is 13.2. The molecule has 0 aromatic heterocycles. The lowest BCUT2D eigenvalue weighted by Crippen LogP contribution is -2.61. The van der Waals surface area contributed by atoms with E-state index in [2.05, 4.69) is 60.2 Å². The van der Waals surface area contributed by atoms with Gasteiger partial charge in [-0.2, -0.15) is 0 Å². The second-order valence-corrected chi connectivity index (χ2v) is 9.06. The zero-order valence-corrected chi connectivity index (χ0v) is 18.4. The lowest BCUT2D eigenvalue weighted by atomic mass is 9.83.